The summed E-state index contributed by atoms with van der Waals surface area (Å²) >= 11 is 0. The van der Waals surface area contributed by atoms with E-state index in [2.05, 4.69) is 294 Å². The zero-order chi connectivity index (χ0) is 77.8. The molecular weight excluding hydrogens is 1180 g/mol. The van der Waals surface area contributed by atoms with Gasteiger partial charge in [0.1, 0.15) is 35.2 Å². The van der Waals surface area contributed by atoms with E-state index < -0.39 is 13.7 Å². The first kappa shape index (κ1) is 68.8. The molecule has 0 spiro atoms. The summed E-state index contributed by atoms with van der Waals surface area (Å²) in [6, 6.07) is 48.5. The Kier molecular flexibility index (Phi) is 22.1. The molecule has 0 aliphatic rings. The molecule has 512 valence electrons. The Balaban J connectivity index is 0.000000203. The van der Waals surface area contributed by atoms with E-state index in [1.54, 1.807) is 12.1 Å². The van der Waals surface area contributed by atoms with Gasteiger partial charge in [0.25, 0.3) is 0 Å². The quantitative estimate of drug-likeness (QED) is 0.153. The van der Waals surface area contributed by atoms with E-state index in [-0.39, 0.29) is 27.1 Å². The minimum Gasteiger partial charge on any atom is -0.201 e. The van der Waals surface area contributed by atoms with Gasteiger partial charge in [0, 0.05) is 94.2 Å². The van der Waals surface area contributed by atoms with Crippen molar-refractivity contribution in [2.75, 3.05) is 0 Å². The van der Waals surface area contributed by atoms with Crippen LogP contribution in [0.25, 0.3) is 56.3 Å². The van der Waals surface area contributed by atoms with Gasteiger partial charge >= 0.3 is 0 Å². The third-order valence-corrected chi connectivity index (χ3v) is 18.6. The van der Waals surface area contributed by atoms with Crippen LogP contribution < -0.4 is 22.8 Å². The highest BCUT2D eigenvalue weighted by atomic mass is 14.9. The summed E-state index contributed by atoms with van der Waals surface area (Å²) in [7, 11) is 10.4. The number of hydrogen-bond donors (Lipinski definition) is 0. The van der Waals surface area contributed by atoms with Gasteiger partial charge in [0.15, 0.2) is 31.0 Å². The fourth-order valence-electron chi connectivity index (χ4n) is 13.1. The second kappa shape index (κ2) is 31.2. The molecule has 0 saturated carbocycles. The molecule has 0 N–H and O–H groups in total. The highest BCUT2D eigenvalue weighted by molar-refractivity contribution is 5.66. The predicted octanol–water partition coefficient (Wildman–Crippen LogP) is 21.1. The normalized spacial score (nSPS) is 12.9. The molecule has 0 atom stereocenters. The van der Waals surface area contributed by atoms with Crippen molar-refractivity contribution in [3.63, 3.8) is 0 Å². The zero-order valence-electron chi connectivity index (χ0n) is 71.4. The fraction of sp³-hybridized carbons (Fsp3) is 0.402. The van der Waals surface area contributed by atoms with Crippen LogP contribution in [0.3, 0.4) is 0 Å². The fourth-order valence-corrected chi connectivity index (χ4v) is 13.1. The molecule has 5 aromatic carbocycles. The summed E-state index contributed by atoms with van der Waals surface area (Å²) in [5, 5.41) is 0. The van der Waals surface area contributed by atoms with Gasteiger partial charge < -0.3 is 0 Å². The molecule has 10 aromatic rings. The number of nitrogens with zero attached hydrogens (tertiary/aromatic N) is 5. The van der Waals surface area contributed by atoms with Gasteiger partial charge in [-0.25, -0.2) is 22.8 Å². The molecular formula is C92H124N5+5. The van der Waals surface area contributed by atoms with Crippen molar-refractivity contribution < 1.29 is 31.1 Å². The molecule has 5 heteroatoms. The molecule has 10 rings (SSSR count). The Morgan fingerprint density at radius 3 is 0.804 bits per heavy atom. The van der Waals surface area contributed by atoms with Crippen molar-refractivity contribution in [1.82, 2.24) is 0 Å². The van der Waals surface area contributed by atoms with E-state index in [4.69, 9.17) is 8.22 Å². The molecule has 0 unspecified atom stereocenters. The smallest absolute Gasteiger partial charge is 0.201 e. The number of rotatable bonds is 5. The molecule has 0 saturated heterocycles. The van der Waals surface area contributed by atoms with Gasteiger partial charge in [-0.15, -0.1) is 0 Å². The largest absolute Gasteiger partial charge is 0.212 e. The molecule has 97 heavy (non-hydrogen) atoms. The van der Waals surface area contributed by atoms with Crippen LogP contribution in [0.1, 0.15) is 207 Å². The van der Waals surface area contributed by atoms with Gasteiger partial charge in [0.05, 0.1) is 0 Å². The lowest BCUT2D eigenvalue weighted by atomic mass is 9.84. The highest BCUT2D eigenvalue weighted by Crippen LogP contribution is 2.34. The number of pyridine rings is 5. The average molecular weight is 1310 g/mol. The van der Waals surface area contributed by atoms with Gasteiger partial charge in [-0.05, 0) is 196 Å². The second-order valence-corrected chi connectivity index (χ2v) is 32.7. The highest BCUT2D eigenvalue weighted by Gasteiger charge is 2.28. The minimum absolute atomic E-state index is 0.0978. The molecule has 0 aliphatic carbocycles. The van der Waals surface area contributed by atoms with Crippen LogP contribution in [0.15, 0.2) is 171 Å². The SMILES string of the molecule is Cc1ccc(-c2cc(C)c(C(C)(C)C)c[n+]2C)c(C)c1.Cc1ccc(-c2ccc(C(C)(C)C)c[n+]2C)c(C)c1.Cc1ccccc1-c1cc(C)c(C(C)(C)C)c[n+]1C.[2H]C([2H])([2H])c1cc(-c2ccccc2C)[n+](C)cc1C(C)(C)C.[2H]C([2H])([2H])c1ccc(-c2cc(C)c(C(C)(C)C)c[n+]2C)c(C)c1. The molecule has 0 amide bonds. The monoisotopic (exact) mass is 1310 g/mol. The molecule has 0 aliphatic heterocycles. The van der Waals surface area contributed by atoms with Gasteiger partial charge in [-0.3, -0.25) is 0 Å². The first-order chi connectivity index (χ1) is 47.2. The lowest BCUT2D eigenvalue weighted by Crippen LogP contribution is -2.34. The maximum Gasteiger partial charge on any atom is 0.212 e. The van der Waals surface area contributed by atoms with E-state index >= 15 is 0 Å². The molecule has 5 nitrogen and oxygen atoms in total. The molecule has 5 heterocycles. The van der Waals surface area contributed by atoms with Crippen molar-refractivity contribution in [3.8, 4) is 56.3 Å². The van der Waals surface area contributed by atoms with Crippen LogP contribution in [0.4, 0.5) is 0 Å². The third-order valence-electron chi connectivity index (χ3n) is 18.6. The van der Waals surface area contributed by atoms with Crippen LogP contribution in [-0.4, -0.2) is 0 Å². The van der Waals surface area contributed by atoms with Gasteiger partial charge in [-0.1, -0.05) is 193 Å². The van der Waals surface area contributed by atoms with E-state index in [9.17, 15) is 0 Å². The number of aromatic nitrogens is 5. The van der Waals surface area contributed by atoms with E-state index in [0.717, 1.165) is 39.2 Å². The molecule has 5 aromatic heterocycles. The van der Waals surface area contributed by atoms with Crippen LogP contribution in [0.2, 0.25) is 0 Å². The van der Waals surface area contributed by atoms with Crippen molar-refractivity contribution in [1.29, 1.82) is 0 Å². The van der Waals surface area contributed by atoms with Gasteiger partial charge in [0.2, 0.25) is 28.5 Å². The first-order valence-electron chi connectivity index (χ1n) is 37.7. The summed E-state index contributed by atoms with van der Waals surface area (Å²) in [6.07, 6.45) is 10.9. The van der Waals surface area contributed by atoms with Gasteiger partial charge in [-0.2, -0.15) is 0 Å². The standard InChI is InChI=1S/2C19H26N.3C18H24N/c2*1-13-8-9-16(14(2)10-13)18-11-15(3)17(12-20(18)7)19(4,5)6;1-13-7-9-16(14(2)11-13)17-10-8-15(12-19(17)6)18(3,4)5;2*1-13-9-7-8-10-15(13)17-11-14(2)16(12-19(17)6)18(3,4)5/h2*8-12H,1-7H3;3*7-12H,1-6H3/q5*+1/i1D3;;;2D3;. The van der Waals surface area contributed by atoms with Crippen molar-refractivity contribution in [2.45, 2.75) is 214 Å². The summed E-state index contributed by atoms with van der Waals surface area (Å²) in [4.78, 5) is 0. The maximum absolute atomic E-state index is 7.90. The minimum atomic E-state index is -2.12. The van der Waals surface area contributed by atoms with E-state index in [1.807, 2.05) is 95.9 Å². The zero-order valence-corrected chi connectivity index (χ0v) is 65.4. The molecule has 0 radical (unpaired) electrons. The summed E-state index contributed by atoms with van der Waals surface area (Å²) < 4.78 is 57.2. The summed E-state index contributed by atoms with van der Waals surface area (Å²) in [6.45, 7) is 50.4. The first-order valence-corrected chi connectivity index (χ1v) is 34.7. The lowest BCUT2D eigenvalue weighted by molar-refractivity contribution is -0.661. The maximum atomic E-state index is 7.90. The average Bonchev–Trinajstić information content (AvgIpc) is 0.777. The Labute approximate surface area is 598 Å². The van der Waals surface area contributed by atoms with Crippen LogP contribution in [0, 0.1) is 82.9 Å². The van der Waals surface area contributed by atoms with Crippen molar-refractivity contribution >= 4 is 0 Å². The van der Waals surface area contributed by atoms with E-state index in [1.165, 1.54) is 101 Å². The number of benzene rings is 5. The predicted molar refractivity (Wildman–Crippen MR) is 416 cm³/mol. The second-order valence-electron chi connectivity index (χ2n) is 32.7. The number of aryl methyl sites for hydroxylation is 17. The molecule has 0 bridgehead atoms. The number of hydrogen-bond acceptors (Lipinski definition) is 0. The topological polar surface area (TPSA) is 19.4 Å². The van der Waals surface area contributed by atoms with Crippen molar-refractivity contribution in [3.05, 3.63) is 265 Å². The lowest BCUT2D eigenvalue weighted by Gasteiger charge is -2.20. The van der Waals surface area contributed by atoms with Crippen LogP contribution in [-0.2, 0) is 62.3 Å². The Hall–Kier alpha value is -8.15. The summed E-state index contributed by atoms with van der Waals surface area (Å²) in [5.74, 6) is 0. The van der Waals surface area contributed by atoms with Crippen LogP contribution >= 0.6 is 0 Å². The van der Waals surface area contributed by atoms with E-state index in [0.29, 0.717) is 11.1 Å². The Bertz CT molecular complexity index is 4660. The summed E-state index contributed by atoms with van der Waals surface area (Å²) in [5.41, 5.74) is 32.3. The Morgan fingerprint density at radius 2 is 0.515 bits per heavy atom. The molecule has 0 fully saturated rings. The third kappa shape index (κ3) is 20.0. The Morgan fingerprint density at radius 1 is 0.237 bits per heavy atom. The van der Waals surface area contributed by atoms with Crippen LogP contribution in [0.5, 0.6) is 0 Å². The van der Waals surface area contributed by atoms with Crippen molar-refractivity contribution in [2.24, 2.45) is 35.2 Å².